The molecule has 0 saturated carbocycles. The van der Waals surface area contributed by atoms with E-state index in [9.17, 15) is 4.79 Å². The number of furan rings is 1. The first-order valence-corrected chi connectivity index (χ1v) is 6.65. The minimum absolute atomic E-state index is 0.218. The van der Waals surface area contributed by atoms with Gasteiger partial charge in [-0.2, -0.15) is 0 Å². The van der Waals surface area contributed by atoms with Crippen LogP contribution in [-0.4, -0.2) is 22.8 Å². The van der Waals surface area contributed by atoms with Crippen molar-refractivity contribution in [1.82, 2.24) is 15.3 Å². The molecule has 7 heteroatoms. The normalized spacial score (nSPS) is 10.9. The maximum Gasteiger partial charge on any atom is 0.300 e. The van der Waals surface area contributed by atoms with Crippen LogP contribution in [0.3, 0.4) is 0 Å². The minimum Gasteiger partial charge on any atom is -0.455 e. The summed E-state index contributed by atoms with van der Waals surface area (Å²) in [5.74, 6) is 5.55. The zero-order chi connectivity index (χ0) is 13.8. The third-order valence-corrected chi connectivity index (χ3v) is 3.36. The Hall–Kier alpha value is -1.70. The van der Waals surface area contributed by atoms with Crippen molar-refractivity contribution in [3.05, 3.63) is 39.7 Å². The number of aromatic nitrogens is 1. The van der Waals surface area contributed by atoms with Crippen molar-refractivity contribution in [2.24, 2.45) is 5.84 Å². The van der Waals surface area contributed by atoms with Gasteiger partial charge >= 0.3 is 5.91 Å². The number of hydrogen-bond acceptors (Lipinski definition) is 6. The number of nitrogens with zero attached hydrogens (tertiary/aromatic N) is 2. The van der Waals surface area contributed by atoms with E-state index in [-0.39, 0.29) is 5.76 Å². The Morgan fingerprint density at radius 2 is 2.32 bits per heavy atom. The van der Waals surface area contributed by atoms with E-state index in [0.717, 1.165) is 17.2 Å². The molecule has 0 atom stereocenters. The first kappa shape index (κ1) is 13.7. The number of nitrogens with one attached hydrogen (secondary N) is 1. The van der Waals surface area contributed by atoms with Crippen molar-refractivity contribution in [2.45, 2.75) is 20.0 Å². The summed E-state index contributed by atoms with van der Waals surface area (Å²) in [5.41, 5.74) is 3.07. The highest BCUT2D eigenvalue weighted by Crippen LogP contribution is 2.13. The number of aryl methyl sites for hydroxylation is 1. The first-order valence-electron chi connectivity index (χ1n) is 5.77. The maximum absolute atomic E-state index is 11.3. The number of hydrazine groups is 1. The van der Waals surface area contributed by atoms with Gasteiger partial charge in [0.25, 0.3) is 0 Å². The van der Waals surface area contributed by atoms with Crippen molar-refractivity contribution >= 4 is 17.2 Å². The van der Waals surface area contributed by atoms with Gasteiger partial charge in [0.15, 0.2) is 5.76 Å². The molecule has 3 N–H and O–H groups in total. The number of amides is 1. The van der Waals surface area contributed by atoms with Gasteiger partial charge in [0, 0.05) is 11.9 Å². The molecule has 2 aromatic heterocycles. The van der Waals surface area contributed by atoms with Gasteiger partial charge < -0.3 is 4.42 Å². The molecule has 0 bridgehead atoms. The Balaban J connectivity index is 1.93. The summed E-state index contributed by atoms with van der Waals surface area (Å²) in [6.07, 6.45) is 0. The number of nitrogen functional groups attached to an aromatic ring is 1. The summed E-state index contributed by atoms with van der Waals surface area (Å²) < 4.78 is 5.40. The van der Waals surface area contributed by atoms with Gasteiger partial charge in [0.05, 0.1) is 17.2 Å². The minimum atomic E-state index is -0.427. The molecular formula is C12H16N4O2S. The number of nitrogens with two attached hydrogens (primary N) is 1. The van der Waals surface area contributed by atoms with Crippen molar-refractivity contribution in [3.63, 3.8) is 0 Å². The van der Waals surface area contributed by atoms with E-state index < -0.39 is 5.91 Å². The van der Waals surface area contributed by atoms with Crippen molar-refractivity contribution in [1.29, 1.82) is 0 Å². The van der Waals surface area contributed by atoms with Crippen molar-refractivity contribution < 1.29 is 9.21 Å². The van der Waals surface area contributed by atoms with Gasteiger partial charge in [0.2, 0.25) is 0 Å². The highest BCUT2D eigenvalue weighted by atomic mass is 32.1. The Labute approximate surface area is 115 Å². The summed E-state index contributed by atoms with van der Waals surface area (Å²) >= 11 is 1.64. The van der Waals surface area contributed by atoms with Crippen LogP contribution in [0.4, 0.5) is 0 Å². The fraction of sp³-hybridized carbons (Fsp3) is 0.333. The number of carbonyl (C=O) groups excluding carboxylic acids is 1. The van der Waals surface area contributed by atoms with E-state index in [1.807, 2.05) is 24.8 Å². The quantitative estimate of drug-likeness (QED) is 0.489. The lowest BCUT2D eigenvalue weighted by Gasteiger charge is -2.13. The fourth-order valence-electron chi connectivity index (χ4n) is 1.74. The summed E-state index contributed by atoms with van der Waals surface area (Å²) in [7, 11) is 1.97. The van der Waals surface area contributed by atoms with E-state index in [1.165, 1.54) is 0 Å². The number of rotatable bonds is 5. The standard InChI is InChI=1S/C12H16N4O2S/c1-8-14-9(7-19-8)5-16(2)6-10-3-4-11(18-10)12(17)15-13/h3-4,7H,5-6,13H2,1-2H3,(H,15,17). The lowest BCUT2D eigenvalue weighted by Crippen LogP contribution is -2.29. The molecule has 0 aromatic carbocycles. The third-order valence-electron chi connectivity index (χ3n) is 2.54. The summed E-state index contributed by atoms with van der Waals surface area (Å²) in [4.78, 5) is 17.7. The Morgan fingerprint density at radius 1 is 1.53 bits per heavy atom. The monoisotopic (exact) mass is 280 g/mol. The van der Waals surface area contributed by atoms with E-state index in [0.29, 0.717) is 12.3 Å². The van der Waals surface area contributed by atoms with Crippen LogP contribution >= 0.6 is 11.3 Å². The molecular weight excluding hydrogens is 264 g/mol. The van der Waals surface area contributed by atoms with E-state index in [2.05, 4.69) is 9.88 Å². The molecule has 6 nitrogen and oxygen atoms in total. The summed E-state index contributed by atoms with van der Waals surface area (Å²) in [5, 5.41) is 3.10. The van der Waals surface area contributed by atoms with Crippen LogP contribution in [0.5, 0.6) is 0 Å². The van der Waals surface area contributed by atoms with Crippen LogP contribution in [0.15, 0.2) is 21.9 Å². The molecule has 2 aromatic rings. The van der Waals surface area contributed by atoms with Crippen LogP contribution in [0.1, 0.15) is 27.0 Å². The zero-order valence-corrected chi connectivity index (χ0v) is 11.7. The predicted octanol–water partition coefficient (Wildman–Crippen LogP) is 1.28. The van der Waals surface area contributed by atoms with Gasteiger partial charge in [-0.05, 0) is 26.1 Å². The van der Waals surface area contributed by atoms with Gasteiger partial charge in [0.1, 0.15) is 5.76 Å². The molecule has 0 aliphatic rings. The van der Waals surface area contributed by atoms with Crippen LogP contribution < -0.4 is 11.3 Å². The van der Waals surface area contributed by atoms with Gasteiger partial charge in [-0.3, -0.25) is 15.1 Å². The predicted molar refractivity (Wildman–Crippen MR) is 72.4 cm³/mol. The zero-order valence-electron chi connectivity index (χ0n) is 10.8. The number of hydrogen-bond donors (Lipinski definition) is 2. The van der Waals surface area contributed by atoms with Crippen LogP contribution in [-0.2, 0) is 13.1 Å². The average Bonchev–Trinajstić information content (AvgIpc) is 2.98. The first-order chi connectivity index (χ1) is 9.08. The van der Waals surface area contributed by atoms with Crippen LogP contribution in [0, 0.1) is 6.92 Å². The lowest BCUT2D eigenvalue weighted by molar-refractivity contribution is 0.0922. The highest BCUT2D eigenvalue weighted by Gasteiger charge is 2.11. The number of carbonyl (C=O) groups is 1. The van der Waals surface area contributed by atoms with Crippen molar-refractivity contribution in [2.75, 3.05) is 7.05 Å². The van der Waals surface area contributed by atoms with Gasteiger partial charge in [-0.15, -0.1) is 11.3 Å². The van der Waals surface area contributed by atoms with E-state index in [4.69, 9.17) is 10.3 Å². The molecule has 1 amide bonds. The summed E-state index contributed by atoms with van der Waals surface area (Å²) in [6.45, 7) is 3.33. The maximum atomic E-state index is 11.3. The highest BCUT2D eigenvalue weighted by molar-refractivity contribution is 7.09. The van der Waals surface area contributed by atoms with Crippen LogP contribution in [0.2, 0.25) is 0 Å². The van der Waals surface area contributed by atoms with Gasteiger partial charge in [-0.25, -0.2) is 10.8 Å². The molecule has 2 heterocycles. The number of thiazole rings is 1. The SMILES string of the molecule is Cc1nc(CN(C)Cc2ccc(C(=O)NN)o2)cs1. The average molecular weight is 280 g/mol. The second-order valence-electron chi connectivity index (χ2n) is 4.27. The molecule has 0 unspecified atom stereocenters. The topological polar surface area (TPSA) is 84.4 Å². The molecule has 102 valence electrons. The third kappa shape index (κ3) is 3.63. The molecule has 0 spiro atoms. The van der Waals surface area contributed by atoms with E-state index in [1.54, 1.807) is 23.5 Å². The van der Waals surface area contributed by atoms with Gasteiger partial charge in [-0.1, -0.05) is 0 Å². The molecule has 0 fully saturated rings. The lowest BCUT2D eigenvalue weighted by atomic mass is 10.3. The van der Waals surface area contributed by atoms with E-state index >= 15 is 0 Å². The molecule has 0 radical (unpaired) electrons. The molecule has 0 aliphatic heterocycles. The fourth-order valence-corrected chi connectivity index (χ4v) is 2.34. The second-order valence-corrected chi connectivity index (χ2v) is 5.33. The molecule has 0 aliphatic carbocycles. The Kier molecular flexibility index (Phi) is 4.31. The smallest absolute Gasteiger partial charge is 0.300 e. The summed E-state index contributed by atoms with van der Waals surface area (Å²) in [6, 6.07) is 3.38. The second kappa shape index (κ2) is 5.96. The van der Waals surface area contributed by atoms with Crippen molar-refractivity contribution in [3.8, 4) is 0 Å². The molecule has 19 heavy (non-hydrogen) atoms. The Morgan fingerprint density at radius 3 is 2.95 bits per heavy atom. The largest absolute Gasteiger partial charge is 0.455 e. The molecule has 0 saturated heterocycles. The Bertz CT molecular complexity index is 564. The molecule has 2 rings (SSSR count). The van der Waals surface area contributed by atoms with Crippen LogP contribution in [0.25, 0.3) is 0 Å².